The number of anilines is 1. The third-order valence-electron chi connectivity index (χ3n) is 4.61. The number of urea groups is 1. The van der Waals surface area contributed by atoms with Gasteiger partial charge in [0.25, 0.3) is 0 Å². The molecule has 1 aromatic carbocycles. The second-order valence-corrected chi connectivity index (χ2v) is 6.17. The number of carbonyl (C=O) groups is 2. The van der Waals surface area contributed by atoms with E-state index in [4.69, 9.17) is 0 Å². The average molecular weight is 363 g/mol. The number of aromatic carboxylic acids is 1. The summed E-state index contributed by atoms with van der Waals surface area (Å²) in [5.74, 6) is -1.09. The molecule has 0 radical (unpaired) electrons. The van der Waals surface area contributed by atoms with Gasteiger partial charge in [0.05, 0.1) is 23.3 Å². The SMILES string of the molecule is O=C(O)c1ccccc1NC(=O)N1CCc2[nH]cnc2C1c1ccncc1. The molecule has 0 fully saturated rings. The molecular formula is C19H17N5O3. The minimum absolute atomic E-state index is 0.0452. The van der Waals surface area contributed by atoms with Gasteiger partial charge >= 0.3 is 12.0 Å². The first kappa shape index (κ1) is 16.8. The number of fused-ring (bicyclic) bond motifs is 1. The minimum Gasteiger partial charge on any atom is -0.478 e. The number of nitrogens with zero attached hydrogens (tertiary/aromatic N) is 3. The first-order valence-electron chi connectivity index (χ1n) is 8.47. The molecule has 0 aliphatic carbocycles. The lowest BCUT2D eigenvalue weighted by molar-refractivity contribution is 0.0698. The van der Waals surface area contributed by atoms with E-state index in [9.17, 15) is 14.7 Å². The van der Waals surface area contributed by atoms with Gasteiger partial charge in [-0.15, -0.1) is 0 Å². The van der Waals surface area contributed by atoms with Crippen molar-refractivity contribution in [3.8, 4) is 0 Å². The second-order valence-electron chi connectivity index (χ2n) is 6.17. The number of rotatable bonds is 3. The van der Waals surface area contributed by atoms with E-state index in [0.29, 0.717) is 13.0 Å². The summed E-state index contributed by atoms with van der Waals surface area (Å²) < 4.78 is 0. The Balaban J connectivity index is 1.68. The Labute approximate surface area is 154 Å². The Kier molecular flexibility index (Phi) is 4.29. The first-order valence-corrected chi connectivity index (χ1v) is 8.47. The summed E-state index contributed by atoms with van der Waals surface area (Å²) in [6, 6.07) is 9.28. The number of benzene rings is 1. The van der Waals surface area contributed by atoms with Gasteiger partial charge in [-0.05, 0) is 29.8 Å². The predicted molar refractivity (Wildman–Crippen MR) is 97.5 cm³/mol. The number of hydrogen-bond donors (Lipinski definition) is 3. The molecule has 1 atom stereocenters. The molecule has 1 aliphatic heterocycles. The maximum absolute atomic E-state index is 13.0. The van der Waals surface area contributed by atoms with E-state index in [1.807, 2.05) is 12.1 Å². The van der Waals surface area contributed by atoms with Gasteiger partial charge in [0.2, 0.25) is 0 Å². The second kappa shape index (κ2) is 6.91. The lowest BCUT2D eigenvalue weighted by Gasteiger charge is -2.35. The Morgan fingerprint density at radius 2 is 1.96 bits per heavy atom. The molecule has 4 rings (SSSR count). The van der Waals surface area contributed by atoms with Crippen LogP contribution in [0, 0.1) is 0 Å². The van der Waals surface area contributed by atoms with E-state index < -0.39 is 5.97 Å². The lowest BCUT2D eigenvalue weighted by atomic mass is 9.97. The highest BCUT2D eigenvalue weighted by atomic mass is 16.4. The van der Waals surface area contributed by atoms with E-state index in [0.717, 1.165) is 17.0 Å². The van der Waals surface area contributed by atoms with Crippen LogP contribution in [0.25, 0.3) is 0 Å². The normalized spacial score (nSPS) is 15.9. The topological polar surface area (TPSA) is 111 Å². The van der Waals surface area contributed by atoms with Crippen LogP contribution in [0.4, 0.5) is 10.5 Å². The van der Waals surface area contributed by atoms with Crippen molar-refractivity contribution < 1.29 is 14.7 Å². The van der Waals surface area contributed by atoms with Crippen LogP contribution in [0.1, 0.15) is 33.4 Å². The van der Waals surface area contributed by atoms with E-state index in [1.54, 1.807) is 41.8 Å². The van der Waals surface area contributed by atoms with Crippen molar-refractivity contribution in [1.82, 2.24) is 19.9 Å². The zero-order valence-electron chi connectivity index (χ0n) is 14.3. The largest absolute Gasteiger partial charge is 0.478 e. The third kappa shape index (κ3) is 3.12. The minimum atomic E-state index is -1.09. The highest BCUT2D eigenvalue weighted by Crippen LogP contribution is 2.33. The van der Waals surface area contributed by atoms with E-state index in [-0.39, 0.29) is 23.3 Å². The van der Waals surface area contributed by atoms with Gasteiger partial charge in [-0.2, -0.15) is 0 Å². The Bertz CT molecular complexity index is 986. The molecule has 0 saturated heterocycles. The van der Waals surface area contributed by atoms with Crippen LogP contribution in [-0.2, 0) is 6.42 Å². The molecule has 8 heteroatoms. The van der Waals surface area contributed by atoms with Gasteiger partial charge in [0.15, 0.2) is 0 Å². The zero-order valence-corrected chi connectivity index (χ0v) is 14.3. The van der Waals surface area contributed by atoms with Crippen LogP contribution in [0.2, 0.25) is 0 Å². The van der Waals surface area contributed by atoms with Gasteiger partial charge in [-0.3, -0.25) is 4.98 Å². The molecule has 3 N–H and O–H groups in total. The number of aromatic nitrogens is 3. The summed E-state index contributed by atoms with van der Waals surface area (Å²) in [4.78, 5) is 37.7. The van der Waals surface area contributed by atoms with Crippen LogP contribution < -0.4 is 5.32 Å². The fourth-order valence-corrected chi connectivity index (χ4v) is 3.34. The number of aromatic amines is 1. The standard InChI is InChI=1S/C19H17N5O3/c25-18(26)13-3-1-2-4-14(13)23-19(27)24-10-7-15-16(22-11-21-15)17(24)12-5-8-20-9-6-12/h1-6,8-9,11,17H,7,10H2,(H,21,22)(H,23,27)(H,25,26). The van der Waals surface area contributed by atoms with Crippen LogP contribution in [0.15, 0.2) is 55.1 Å². The molecule has 136 valence electrons. The number of amides is 2. The predicted octanol–water partition coefficient (Wildman–Crippen LogP) is 2.68. The van der Waals surface area contributed by atoms with E-state index >= 15 is 0 Å². The van der Waals surface area contributed by atoms with Crippen molar-refractivity contribution in [3.05, 3.63) is 77.6 Å². The molecule has 3 aromatic rings. The fourth-order valence-electron chi connectivity index (χ4n) is 3.34. The Hall–Kier alpha value is -3.68. The summed E-state index contributed by atoms with van der Waals surface area (Å²) >= 11 is 0. The Morgan fingerprint density at radius 3 is 2.74 bits per heavy atom. The highest BCUT2D eigenvalue weighted by Gasteiger charge is 2.34. The summed E-state index contributed by atoms with van der Waals surface area (Å²) in [5.41, 5.74) is 2.97. The summed E-state index contributed by atoms with van der Waals surface area (Å²) in [6.07, 6.45) is 5.61. The van der Waals surface area contributed by atoms with Gasteiger partial charge < -0.3 is 20.3 Å². The van der Waals surface area contributed by atoms with E-state index in [2.05, 4.69) is 20.3 Å². The van der Waals surface area contributed by atoms with Crippen LogP contribution in [0.5, 0.6) is 0 Å². The van der Waals surface area contributed by atoms with Gasteiger partial charge in [0.1, 0.15) is 6.04 Å². The van der Waals surface area contributed by atoms with Crippen molar-refractivity contribution in [2.75, 3.05) is 11.9 Å². The summed E-state index contributed by atoms with van der Waals surface area (Å²) in [6.45, 7) is 0.475. The molecule has 1 aliphatic rings. The van der Waals surface area contributed by atoms with Crippen molar-refractivity contribution in [2.24, 2.45) is 0 Å². The molecule has 1 unspecified atom stereocenters. The summed E-state index contributed by atoms with van der Waals surface area (Å²) in [7, 11) is 0. The lowest BCUT2D eigenvalue weighted by Crippen LogP contribution is -2.43. The number of carboxylic acids is 1. The van der Waals surface area contributed by atoms with Crippen LogP contribution >= 0.6 is 0 Å². The number of nitrogens with one attached hydrogen (secondary N) is 2. The number of imidazole rings is 1. The number of H-pyrrole nitrogens is 1. The van der Waals surface area contributed by atoms with Crippen molar-refractivity contribution in [1.29, 1.82) is 0 Å². The fraction of sp³-hybridized carbons (Fsp3) is 0.158. The third-order valence-corrected chi connectivity index (χ3v) is 4.61. The molecule has 0 bridgehead atoms. The van der Waals surface area contributed by atoms with E-state index in [1.165, 1.54) is 6.07 Å². The maximum atomic E-state index is 13.0. The van der Waals surface area contributed by atoms with Crippen molar-refractivity contribution in [3.63, 3.8) is 0 Å². The van der Waals surface area contributed by atoms with Crippen molar-refractivity contribution >= 4 is 17.7 Å². The molecule has 0 spiro atoms. The number of para-hydroxylation sites is 1. The first-order chi connectivity index (χ1) is 13.1. The maximum Gasteiger partial charge on any atom is 0.337 e. The van der Waals surface area contributed by atoms with Crippen LogP contribution in [-0.4, -0.2) is 43.5 Å². The Morgan fingerprint density at radius 1 is 1.19 bits per heavy atom. The summed E-state index contributed by atoms with van der Waals surface area (Å²) in [5, 5.41) is 12.1. The quantitative estimate of drug-likeness (QED) is 0.662. The smallest absolute Gasteiger partial charge is 0.337 e. The number of carboxylic acid groups (broad SMARTS) is 1. The van der Waals surface area contributed by atoms with Crippen molar-refractivity contribution in [2.45, 2.75) is 12.5 Å². The zero-order chi connectivity index (χ0) is 18.8. The molecule has 8 nitrogen and oxygen atoms in total. The molecule has 27 heavy (non-hydrogen) atoms. The molecule has 3 heterocycles. The molecular weight excluding hydrogens is 346 g/mol. The average Bonchev–Trinajstić information content (AvgIpc) is 3.17. The monoisotopic (exact) mass is 363 g/mol. The molecule has 0 saturated carbocycles. The van der Waals surface area contributed by atoms with Gasteiger partial charge in [-0.25, -0.2) is 14.6 Å². The highest BCUT2D eigenvalue weighted by molar-refractivity contribution is 6.00. The molecule has 2 aromatic heterocycles. The van der Waals surface area contributed by atoms with Gasteiger partial charge in [-0.1, -0.05) is 12.1 Å². The number of pyridine rings is 1. The number of hydrogen-bond acceptors (Lipinski definition) is 4. The van der Waals surface area contributed by atoms with Gasteiger partial charge in [0, 0.05) is 31.1 Å². The molecule has 2 amide bonds. The van der Waals surface area contributed by atoms with Crippen LogP contribution in [0.3, 0.4) is 0 Å². The number of carbonyl (C=O) groups excluding carboxylic acids is 1.